The summed E-state index contributed by atoms with van der Waals surface area (Å²) in [4.78, 5) is 1.80. The number of nitriles is 1. The van der Waals surface area contributed by atoms with Crippen LogP contribution in [-0.4, -0.2) is 29.2 Å². The maximum Gasteiger partial charge on any atom is 0.157 e. The summed E-state index contributed by atoms with van der Waals surface area (Å²) < 4.78 is 3.90. The van der Waals surface area contributed by atoms with E-state index in [1.807, 2.05) is 13.0 Å². The van der Waals surface area contributed by atoms with Crippen LogP contribution in [0.1, 0.15) is 12.5 Å². The van der Waals surface area contributed by atoms with E-state index in [1.165, 1.54) is 11.5 Å². The van der Waals surface area contributed by atoms with Crippen molar-refractivity contribution in [3.8, 4) is 6.07 Å². The summed E-state index contributed by atoms with van der Waals surface area (Å²) >= 11 is 1.17. The molecule has 0 fully saturated rings. The molecule has 6 heteroatoms. The molecule has 1 rings (SSSR count). The highest BCUT2D eigenvalue weighted by atomic mass is 32.1. The fourth-order valence-corrected chi connectivity index (χ4v) is 1.79. The van der Waals surface area contributed by atoms with Crippen LogP contribution in [0.4, 0.5) is 10.8 Å². The third-order valence-electron chi connectivity index (χ3n) is 2.06. The minimum atomic E-state index is -0.0538. The van der Waals surface area contributed by atoms with E-state index in [4.69, 9.17) is 16.1 Å². The molecule has 0 aliphatic heterocycles. The molecule has 1 aromatic rings. The van der Waals surface area contributed by atoms with Crippen LogP contribution < -0.4 is 10.6 Å². The zero-order valence-electron chi connectivity index (χ0n) is 8.06. The number of aromatic nitrogens is 1. The van der Waals surface area contributed by atoms with Crippen molar-refractivity contribution >= 4 is 22.4 Å². The normalized spacial score (nSPS) is 12.1. The van der Waals surface area contributed by atoms with Gasteiger partial charge in [0.15, 0.2) is 5.82 Å². The highest BCUT2D eigenvalue weighted by Crippen LogP contribution is 2.29. The first-order chi connectivity index (χ1) is 6.61. The third-order valence-corrected chi connectivity index (χ3v) is 3.01. The summed E-state index contributed by atoms with van der Waals surface area (Å²) in [5, 5.41) is 18.5. The van der Waals surface area contributed by atoms with Gasteiger partial charge in [-0.3, -0.25) is 0 Å². The van der Waals surface area contributed by atoms with Crippen LogP contribution >= 0.6 is 11.5 Å². The summed E-state index contributed by atoms with van der Waals surface area (Å²) in [6.45, 7) is 1.89. The molecule has 0 aromatic carbocycles. The molecule has 1 unspecified atom stereocenters. The zero-order valence-corrected chi connectivity index (χ0v) is 8.88. The average molecular weight is 212 g/mol. The Bertz CT molecular complexity index is 357. The second-order valence-corrected chi connectivity index (χ2v) is 3.75. The van der Waals surface area contributed by atoms with Crippen molar-refractivity contribution in [3.05, 3.63) is 5.56 Å². The standard InChI is InChI=1S/C8H12N4OS/c1-5(4-13)12(2)8-6(3-9)7(10)11-14-8/h5,13H,4H2,1-2H3,(H2,10,11). The maximum absolute atomic E-state index is 8.97. The van der Waals surface area contributed by atoms with Gasteiger partial charge in [0.1, 0.15) is 16.6 Å². The predicted molar refractivity (Wildman–Crippen MR) is 56.2 cm³/mol. The van der Waals surface area contributed by atoms with Gasteiger partial charge in [-0.15, -0.1) is 0 Å². The quantitative estimate of drug-likeness (QED) is 0.758. The predicted octanol–water partition coefficient (Wildman–Crippen LogP) is 0.414. The first-order valence-corrected chi connectivity index (χ1v) is 4.88. The molecule has 0 aliphatic carbocycles. The van der Waals surface area contributed by atoms with Gasteiger partial charge >= 0.3 is 0 Å². The van der Waals surface area contributed by atoms with E-state index in [-0.39, 0.29) is 18.5 Å². The van der Waals surface area contributed by atoms with Crippen molar-refractivity contribution < 1.29 is 5.11 Å². The number of aliphatic hydroxyl groups excluding tert-OH is 1. The Kier molecular flexibility index (Phi) is 3.28. The molecule has 0 bridgehead atoms. The third kappa shape index (κ3) is 1.78. The summed E-state index contributed by atoms with van der Waals surface area (Å²) in [5.41, 5.74) is 5.91. The number of aliphatic hydroxyl groups is 1. The molecule has 5 nitrogen and oxygen atoms in total. The molecule has 0 aliphatic rings. The van der Waals surface area contributed by atoms with E-state index in [1.54, 1.807) is 11.9 Å². The molecule has 3 N–H and O–H groups in total. The number of likely N-dealkylation sites (N-methyl/N-ethyl adjacent to an activating group) is 1. The van der Waals surface area contributed by atoms with E-state index in [2.05, 4.69) is 4.37 Å². The highest BCUT2D eigenvalue weighted by molar-refractivity contribution is 7.10. The molecule has 1 aromatic heterocycles. The van der Waals surface area contributed by atoms with E-state index < -0.39 is 0 Å². The van der Waals surface area contributed by atoms with Gasteiger partial charge in [-0.05, 0) is 18.5 Å². The van der Waals surface area contributed by atoms with Crippen LogP contribution in [-0.2, 0) is 0 Å². The molecule has 0 spiro atoms. The van der Waals surface area contributed by atoms with Gasteiger partial charge in [0, 0.05) is 13.1 Å². The number of nitrogen functional groups attached to an aromatic ring is 1. The number of anilines is 2. The van der Waals surface area contributed by atoms with Crippen molar-refractivity contribution in [2.75, 3.05) is 24.3 Å². The lowest BCUT2D eigenvalue weighted by atomic mass is 10.3. The summed E-state index contributed by atoms with van der Waals surface area (Å²) in [5.74, 6) is 0.254. The topological polar surface area (TPSA) is 86.2 Å². The molecule has 1 heterocycles. The molecule has 14 heavy (non-hydrogen) atoms. The maximum atomic E-state index is 8.97. The lowest BCUT2D eigenvalue weighted by Gasteiger charge is -2.23. The van der Waals surface area contributed by atoms with Gasteiger partial charge in [-0.1, -0.05) is 0 Å². The van der Waals surface area contributed by atoms with Crippen LogP contribution in [0.2, 0.25) is 0 Å². The molecule has 0 saturated heterocycles. The summed E-state index contributed by atoms with van der Waals surface area (Å²) in [7, 11) is 1.80. The molecular weight excluding hydrogens is 200 g/mol. The summed E-state index contributed by atoms with van der Waals surface area (Å²) in [6, 6.07) is 1.95. The highest BCUT2D eigenvalue weighted by Gasteiger charge is 2.18. The van der Waals surface area contributed by atoms with Gasteiger partial charge < -0.3 is 15.7 Å². The number of hydrogen-bond donors (Lipinski definition) is 2. The monoisotopic (exact) mass is 212 g/mol. The van der Waals surface area contributed by atoms with Crippen molar-refractivity contribution in [3.63, 3.8) is 0 Å². The van der Waals surface area contributed by atoms with Crippen LogP contribution in [0, 0.1) is 11.3 Å². The van der Waals surface area contributed by atoms with E-state index >= 15 is 0 Å². The SMILES string of the molecule is CC(CO)N(C)c1snc(N)c1C#N. The van der Waals surface area contributed by atoms with Gasteiger partial charge in [0.05, 0.1) is 6.61 Å². The van der Waals surface area contributed by atoms with Crippen LogP contribution in [0.15, 0.2) is 0 Å². The van der Waals surface area contributed by atoms with Gasteiger partial charge in [0.25, 0.3) is 0 Å². The number of nitrogens with two attached hydrogens (primary N) is 1. The van der Waals surface area contributed by atoms with Gasteiger partial charge in [0.2, 0.25) is 0 Å². The van der Waals surface area contributed by atoms with Gasteiger partial charge in [-0.25, -0.2) is 0 Å². The molecule has 76 valence electrons. The van der Waals surface area contributed by atoms with Crippen LogP contribution in [0.3, 0.4) is 0 Å². The molecule has 0 amide bonds. The molecule has 0 radical (unpaired) electrons. The Morgan fingerprint density at radius 2 is 2.43 bits per heavy atom. The van der Waals surface area contributed by atoms with E-state index in [0.717, 1.165) is 0 Å². The van der Waals surface area contributed by atoms with Crippen molar-refractivity contribution in [2.45, 2.75) is 13.0 Å². The fourth-order valence-electron chi connectivity index (χ4n) is 0.962. The Balaban J connectivity index is 3.02. The smallest absolute Gasteiger partial charge is 0.157 e. The number of hydrogen-bond acceptors (Lipinski definition) is 6. The van der Waals surface area contributed by atoms with Gasteiger partial charge in [-0.2, -0.15) is 9.64 Å². The zero-order chi connectivity index (χ0) is 10.7. The molecular formula is C8H12N4OS. The lowest BCUT2D eigenvalue weighted by molar-refractivity contribution is 0.270. The van der Waals surface area contributed by atoms with Crippen molar-refractivity contribution in [1.29, 1.82) is 5.26 Å². The Labute approximate surface area is 86.5 Å². The first kappa shape index (κ1) is 10.8. The fraction of sp³-hybridized carbons (Fsp3) is 0.500. The van der Waals surface area contributed by atoms with Crippen molar-refractivity contribution in [1.82, 2.24) is 4.37 Å². The van der Waals surface area contributed by atoms with Crippen LogP contribution in [0.25, 0.3) is 0 Å². The number of rotatable bonds is 3. The largest absolute Gasteiger partial charge is 0.394 e. The van der Waals surface area contributed by atoms with Crippen LogP contribution in [0.5, 0.6) is 0 Å². The van der Waals surface area contributed by atoms with E-state index in [0.29, 0.717) is 10.6 Å². The Morgan fingerprint density at radius 1 is 1.79 bits per heavy atom. The second kappa shape index (κ2) is 4.26. The molecule has 1 atom stereocenters. The second-order valence-electron chi connectivity index (χ2n) is 3.00. The lowest BCUT2D eigenvalue weighted by Crippen LogP contribution is -2.31. The van der Waals surface area contributed by atoms with E-state index in [9.17, 15) is 0 Å². The molecule has 0 saturated carbocycles. The Morgan fingerprint density at radius 3 is 2.93 bits per heavy atom. The number of nitrogens with zero attached hydrogens (tertiary/aromatic N) is 3. The minimum absolute atomic E-state index is 0.0270. The minimum Gasteiger partial charge on any atom is -0.394 e. The first-order valence-electron chi connectivity index (χ1n) is 4.10. The average Bonchev–Trinajstić information content (AvgIpc) is 2.57. The summed E-state index contributed by atoms with van der Waals surface area (Å²) in [6.07, 6.45) is 0. The van der Waals surface area contributed by atoms with Crippen molar-refractivity contribution in [2.24, 2.45) is 0 Å². The Hall–Kier alpha value is -1.32.